The second-order valence-electron chi connectivity index (χ2n) is 5.49. The average molecular weight is 306 g/mol. The summed E-state index contributed by atoms with van der Waals surface area (Å²) in [6.45, 7) is 4.29. The summed E-state index contributed by atoms with van der Waals surface area (Å²) in [5.41, 5.74) is 0.535. The molecule has 0 spiro atoms. The third kappa shape index (κ3) is 6.74. The summed E-state index contributed by atoms with van der Waals surface area (Å²) in [6.07, 6.45) is 5.70. The average Bonchev–Trinajstić information content (AvgIpc) is 2.52. The van der Waals surface area contributed by atoms with E-state index in [1.54, 1.807) is 24.3 Å². The molecule has 0 radical (unpaired) electrons. The number of carboxylic acids is 1. The molecule has 1 N–H and O–H groups in total. The van der Waals surface area contributed by atoms with Crippen molar-refractivity contribution in [3.63, 3.8) is 0 Å². The van der Waals surface area contributed by atoms with E-state index in [2.05, 4.69) is 13.8 Å². The molecule has 122 valence electrons. The molecule has 4 heteroatoms. The zero-order valence-corrected chi connectivity index (χ0v) is 13.5. The Hall–Kier alpha value is -1.84. The number of ketones is 1. The number of ether oxygens (including phenoxy) is 1. The highest BCUT2D eigenvalue weighted by atomic mass is 16.5. The number of hydrogen-bond donors (Lipinski definition) is 1. The van der Waals surface area contributed by atoms with Gasteiger partial charge in [-0.1, -0.05) is 26.7 Å². The molecule has 0 saturated carbocycles. The number of carbonyl (C=O) groups is 2. The Labute approximate surface area is 132 Å². The van der Waals surface area contributed by atoms with Gasteiger partial charge in [-0.05, 0) is 43.5 Å². The van der Waals surface area contributed by atoms with Gasteiger partial charge in [0.25, 0.3) is 0 Å². The Bertz CT molecular complexity index is 464. The molecule has 0 fully saturated rings. The quantitative estimate of drug-likeness (QED) is 0.484. The van der Waals surface area contributed by atoms with E-state index >= 15 is 0 Å². The minimum absolute atomic E-state index is 0.0319. The zero-order chi connectivity index (χ0) is 16.4. The molecule has 0 aromatic heterocycles. The van der Waals surface area contributed by atoms with Gasteiger partial charge in [0.15, 0.2) is 5.78 Å². The number of aliphatic carboxylic acids is 1. The van der Waals surface area contributed by atoms with Crippen LogP contribution in [-0.2, 0) is 4.79 Å². The maximum atomic E-state index is 11.8. The van der Waals surface area contributed by atoms with E-state index < -0.39 is 5.97 Å². The largest absolute Gasteiger partial charge is 0.490 e. The van der Waals surface area contributed by atoms with E-state index in [0.717, 1.165) is 18.6 Å². The highest BCUT2D eigenvalue weighted by Gasteiger charge is 2.10. The lowest BCUT2D eigenvalue weighted by molar-refractivity contribution is -0.136. The number of rotatable bonds is 11. The Morgan fingerprint density at radius 3 is 2.32 bits per heavy atom. The summed E-state index contributed by atoms with van der Waals surface area (Å²) in [5.74, 6) is -0.340. The fraction of sp³-hybridized carbons (Fsp3) is 0.556. The molecule has 0 aliphatic carbocycles. The molecule has 0 saturated heterocycles. The number of carbonyl (C=O) groups excluding carboxylic acids is 1. The van der Waals surface area contributed by atoms with Gasteiger partial charge in [0.1, 0.15) is 5.75 Å². The molecule has 1 unspecified atom stereocenters. The van der Waals surface area contributed by atoms with E-state index in [1.165, 1.54) is 19.3 Å². The van der Waals surface area contributed by atoms with Crippen LogP contribution in [0.1, 0.15) is 69.2 Å². The molecule has 0 heterocycles. The Kier molecular flexibility index (Phi) is 8.26. The van der Waals surface area contributed by atoms with Crippen molar-refractivity contribution in [2.45, 2.75) is 64.9 Å². The van der Waals surface area contributed by atoms with Crippen LogP contribution < -0.4 is 4.74 Å². The molecule has 0 bridgehead atoms. The molecule has 0 aliphatic heterocycles. The predicted octanol–water partition coefficient (Wildman–Crippen LogP) is 4.47. The van der Waals surface area contributed by atoms with Crippen molar-refractivity contribution >= 4 is 11.8 Å². The summed E-state index contributed by atoms with van der Waals surface area (Å²) in [7, 11) is 0. The standard InChI is InChI=1S/C18H26O4/c1-3-5-6-7-15(4-2)22-16-10-8-14(9-11-16)17(19)12-13-18(20)21/h8-11,15H,3-7,12-13H2,1-2H3,(H,20,21). The van der Waals surface area contributed by atoms with Gasteiger partial charge < -0.3 is 9.84 Å². The first-order valence-electron chi connectivity index (χ1n) is 8.08. The van der Waals surface area contributed by atoms with E-state index in [9.17, 15) is 9.59 Å². The minimum atomic E-state index is -0.953. The Morgan fingerprint density at radius 2 is 1.77 bits per heavy atom. The van der Waals surface area contributed by atoms with Gasteiger partial charge in [0, 0.05) is 12.0 Å². The van der Waals surface area contributed by atoms with Crippen LogP contribution in [0.5, 0.6) is 5.75 Å². The van der Waals surface area contributed by atoms with Crippen LogP contribution in [0.15, 0.2) is 24.3 Å². The number of carboxylic acid groups (broad SMARTS) is 1. The third-order valence-corrected chi connectivity index (χ3v) is 3.63. The first kappa shape index (κ1) is 18.2. The van der Waals surface area contributed by atoms with Gasteiger partial charge in [-0.3, -0.25) is 9.59 Å². The molecule has 1 aromatic carbocycles. The lowest BCUT2D eigenvalue weighted by Crippen LogP contribution is -2.15. The summed E-state index contributed by atoms with van der Waals surface area (Å²) in [4.78, 5) is 22.3. The first-order valence-corrected chi connectivity index (χ1v) is 8.08. The van der Waals surface area contributed by atoms with Gasteiger partial charge in [-0.2, -0.15) is 0 Å². The maximum absolute atomic E-state index is 11.8. The van der Waals surface area contributed by atoms with Crippen LogP contribution in [-0.4, -0.2) is 23.0 Å². The highest BCUT2D eigenvalue weighted by Crippen LogP contribution is 2.19. The smallest absolute Gasteiger partial charge is 0.303 e. The number of Topliss-reactive ketones (excluding diaryl/α,β-unsaturated/α-hetero) is 1. The maximum Gasteiger partial charge on any atom is 0.303 e. The summed E-state index contributed by atoms with van der Waals surface area (Å²) >= 11 is 0. The predicted molar refractivity (Wildman–Crippen MR) is 86.5 cm³/mol. The molecule has 1 rings (SSSR count). The fourth-order valence-electron chi connectivity index (χ4n) is 2.25. The monoisotopic (exact) mass is 306 g/mol. The topological polar surface area (TPSA) is 63.6 Å². The Morgan fingerprint density at radius 1 is 1.09 bits per heavy atom. The van der Waals surface area contributed by atoms with Gasteiger partial charge in [0.05, 0.1) is 12.5 Å². The summed E-state index contributed by atoms with van der Waals surface area (Å²) in [6, 6.07) is 6.99. The summed E-state index contributed by atoms with van der Waals surface area (Å²) < 4.78 is 5.94. The van der Waals surface area contributed by atoms with Gasteiger partial charge in [0.2, 0.25) is 0 Å². The van der Waals surface area contributed by atoms with E-state index in [-0.39, 0.29) is 24.7 Å². The summed E-state index contributed by atoms with van der Waals surface area (Å²) in [5, 5.41) is 8.60. The molecule has 0 amide bonds. The lowest BCUT2D eigenvalue weighted by Gasteiger charge is -2.17. The van der Waals surface area contributed by atoms with Crippen LogP contribution in [0.4, 0.5) is 0 Å². The minimum Gasteiger partial charge on any atom is -0.490 e. The van der Waals surface area contributed by atoms with E-state index in [4.69, 9.17) is 9.84 Å². The van der Waals surface area contributed by atoms with Gasteiger partial charge >= 0.3 is 5.97 Å². The van der Waals surface area contributed by atoms with Gasteiger partial charge in [-0.25, -0.2) is 0 Å². The molecule has 1 atom stereocenters. The van der Waals surface area contributed by atoms with Crippen molar-refractivity contribution in [3.8, 4) is 5.75 Å². The van der Waals surface area contributed by atoms with E-state index in [0.29, 0.717) is 5.56 Å². The molecule has 22 heavy (non-hydrogen) atoms. The van der Waals surface area contributed by atoms with Crippen molar-refractivity contribution in [1.29, 1.82) is 0 Å². The van der Waals surface area contributed by atoms with Crippen molar-refractivity contribution in [1.82, 2.24) is 0 Å². The van der Waals surface area contributed by atoms with Crippen LogP contribution in [0.25, 0.3) is 0 Å². The SMILES string of the molecule is CCCCCC(CC)Oc1ccc(C(=O)CCC(=O)O)cc1. The molecule has 4 nitrogen and oxygen atoms in total. The molecule has 1 aromatic rings. The second-order valence-corrected chi connectivity index (χ2v) is 5.49. The normalized spacial score (nSPS) is 11.9. The fourth-order valence-corrected chi connectivity index (χ4v) is 2.25. The molecule has 0 aliphatic rings. The lowest BCUT2D eigenvalue weighted by atomic mass is 10.1. The van der Waals surface area contributed by atoms with Gasteiger partial charge in [-0.15, -0.1) is 0 Å². The van der Waals surface area contributed by atoms with Crippen molar-refractivity contribution in [2.75, 3.05) is 0 Å². The number of benzene rings is 1. The number of unbranched alkanes of at least 4 members (excludes halogenated alkanes) is 2. The second kappa shape index (κ2) is 9.98. The zero-order valence-electron chi connectivity index (χ0n) is 13.5. The van der Waals surface area contributed by atoms with Crippen molar-refractivity contribution in [2.24, 2.45) is 0 Å². The van der Waals surface area contributed by atoms with Crippen LogP contribution in [0.2, 0.25) is 0 Å². The van der Waals surface area contributed by atoms with Crippen LogP contribution >= 0.6 is 0 Å². The van der Waals surface area contributed by atoms with Crippen molar-refractivity contribution < 1.29 is 19.4 Å². The van der Waals surface area contributed by atoms with Crippen LogP contribution in [0.3, 0.4) is 0 Å². The third-order valence-electron chi connectivity index (χ3n) is 3.63. The van der Waals surface area contributed by atoms with E-state index in [1.807, 2.05) is 0 Å². The highest BCUT2D eigenvalue weighted by molar-refractivity contribution is 5.97. The van der Waals surface area contributed by atoms with Crippen LogP contribution in [0, 0.1) is 0 Å². The molecular formula is C18H26O4. The number of hydrogen-bond acceptors (Lipinski definition) is 3. The first-order chi connectivity index (χ1) is 10.6. The van der Waals surface area contributed by atoms with Crippen molar-refractivity contribution in [3.05, 3.63) is 29.8 Å². The molecular weight excluding hydrogens is 280 g/mol. The Balaban J connectivity index is 2.52.